The number of hydrogen-bond acceptors (Lipinski definition) is 3. The van der Waals surface area contributed by atoms with Gasteiger partial charge in [-0.15, -0.1) is 0 Å². The summed E-state index contributed by atoms with van der Waals surface area (Å²) in [6.45, 7) is 2.26. The van der Waals surface area contributed by atoms with Crippen LogP contribution in [0.5, 0.6) is 0 Å². The van der Waals surface area contributed by atoms with Crippen LogP contribution in [0, 0.1) is 0 Å². The fourth-order valence-corrected chi connectivity index (χ4v) is 2.07. The molecule has 0 spiro atoms. The van der Waals surface area contributed by atoms with Crippen molar-refractivity contribution >= 4 is 7.60 Å². The SMILES string of the molecule is CP1(=O)OCc2ccccc2CO1. The lowest BCUT2D eigenvalue weighted by Crippen LogP contribution is -1.89. The Morgan fingerprint density at radius 1 is 1.15 bits per heavy atom. The molecular weight excluding hydrogens is 187 g/mol. The van der Waals surface area contributed by atoms with Gasteiger partial charge in [0.25, 0.3) is 0 Å². The summed E-state index contributed by atoms with van der Waals surface area (Å²) in [6.07, 6.45) is 0. The molecule has 3 nitrogen and oxygen atoms in total. The van der Waals surface area contributed by atoms with E-state index < -0.39 is 7.60 Å². The summed E-state index contributed by atoms with van der Waals surface area (Å²) >= 11 is 0. The largest absolute Gasteiger partial charge is 0.328 e. The van der Waals surface area contributed by atoms with Crippen molar-refractivity contribution in [2.24, 2.45) is 0 Å². The molecule has 1 aromatic carbocycles. The van der Waals surface area contributed by atoms with Gasteiger partial charge in [0.1, 0.15) is 0 Å². The molecule has 1 aromatic rings. The molecule has 0 aromatic heterocycles. The van der Waals surface area contributed by atoms with Crippen LogP contribution >= 0.6 is 7.60 Å². The van der Waals surface area contributed by atoms with Crippen molar-refractivity contribution < 1.29 is 13.6 Å². The Bertz CT molecular complexity index is 331. The van der Waals surface area contributed by atoms with Crippen LogP contribution in [0.4, 0.5) is 0 Å². The molecule has 0 unspecified atom stereocenters. The van der Waals surface area contributed by atoms with E-state index in [4.69, 9.17) is 9.05 Å². The van der Waals surface area contributed by atoms with Crippen molar-refractivity contribution in [2.75, 3.05) is 6.66 Å². The van der Waals surface area contributed by atoms with E-state index in [9.17, 15) is 4.57 Å². The fraction of sp³-hybridized carbons (Fsp3) is 0.333. The first kappa shape index (κ1) is 8.95. The highest BCUT2D eigenvalue weighted by Gasteiger charge is 2.21. The van der Waals surface area contributed by atoms with Crippen molar-refractivity contribution in [3.05, 3.63) is 35.4 Å². The standard InChI is InChI=1S/C9H11O3P/c1-13(10)11-6-8-4-2-3-5-9(8)7-12-13/h2-5H,6-7H2,1H3. The van der Waals surface area contributed by atoms with Crippen molar-refractivity contribution in [3.8, 4) is 0 Å². The van der Waals surface area contributed by atoms with Crippen LogP contribution in [-0.4, -0.2) is 6.66 Å². The smallest absolute Gasteiger partial charge is 0.304 e. The molecule has 0 atom stereocenters. The van der Waals surface area contributed by atoms with Crippen LogP contribution in [0.1, 0.15) is 11.1 Å². The van der Waals surface area contributed by atoms with Gasteiger partial charge in [0.05, 0.1) is 13.2 Å². The summed E-state index contributed by atoms with van der Waals surface area (Å²) in [5, 5.41) is 0. The highest BCUT2D eigenvalue weighted by Crippen LogP contribution is 2.47. The van der Waals surface area contributed by atoms with Crippen LogP contribution < -0.4 is 0 Å². The molecule has 1 aliphatic heterocycles. The van der Waals surface area contributed by atoms with Crippen molar-refractivity contribution in [1.82, 2.24) is 0 Å². The third kappa shape index (κ3) is 1.99. The molecule has 0 amide bonds. The van der Waals surface area contributed by atoms with Crippen LogP contribution in [0.15, 0.2) is 24.3 Å². The van der Waals surface area contributed by atoms with Crippen LogP contribution in [0.2, 0.25) is 0 Å². The predicted octanol–water partition coefficient (Wildman–Crippen LogP) is 2.56. The number of rotatable bonds is 0. The van der Waals surface area contributed by atoms with E-state index in [1.807, 2.05) is 24.3 Å². The molecule has 0 radical (unpaired) electrons. The number of benzene rings is 1. The molecule has 0 bridgehead atoms. The maximum absolute atomic E-state index is 11.5. The second-order valence-corrected chi connectivity index (χ2v) is 5.15. The first-order valence-corrected chi connectivity index (χ1v) is 6.10. The molecule has 1 aliphatic rings. The maximum Gasteiger partial charge on any atom is 0.328 e. The summed E-state index contributed by atoms with van der Waals surface area (Å²) < 4.78 is 21.8. The molecule has 4 heteroatoms. The predicted molar refractivity (Wildman–Crippen MR) is 49.6 cm³/mol. The minimum absolute atomic E-state index is 0.379. The second-order valence-electron chi connectivity index (χ2n) is 3.09. The summed E-state index contributed by atoms with van der Waals surface area (Å²) in [5.41, 5.74) is 2.11. The van der Waals surface area contributed by atoms with E-state index in [2.05, 4.69) is 0 Å². The zero-order chi connectivity index (χ0) is 9.31. The molecule has 0 N–H and O–H groups in total. The van der Waals surface area contributed by atoms with Crippen molar-refractivity contribution in [1.29, 1.82) is 0 Å². The van der Waals surface area contributed by atoms with Gasteiger partial charge in [-0.3, -0.25) is 4.57 Å². The first-order valence-electron chi connectivity index (χ1n) is 4.11. The van der Waals surface area contributed by atoms with Gasteiger partial charge < -0.3 is 9.05 Å². The molecule has 1 heterocycles. The minimum Gasteiger partial charge on any atom is -0.304 e. The molecule has 0 aliphatic carbocycles. The van der Waals surface area contributed by atoms with Crippen LogP contribution in [0.25, 0.3) is 0 Å². The molecule has 0 fully saturated rings. The van der Waals surface area contributed by atoms with E-state index >= 15 is 0 Å². The van der Waals surface area contributed by atoms with Gasteiger partial charge in [0.15, 0.2) is 0 Å². The van der Waals surface area contributed by atoms with Gasteiger partial charge in [-0.1, -0.05) is 24.3 Å². The van der Waals surface area contributed by atoms with E-state index in [-0.39, 0.29) is 0 Å². The van der Waals surface area contributed by atoms with E-state index in [1.165, 1.54) is 6.66 Å². The van der Waals surface area contributed by atoms with Gasteiger partial charge in [0.2, 0.25) is 0 Å². The average Bonchev–Trinajstić information content (AvgIpc) is 2.27. The Morgan fingerprint density at radius 2 is 1.62 bits per heavy atom. The Morgan fingerprint density at radius 3 is 2.08 bits per heavy atom. The van der Waals surface area contributed by atoms with Crippen LogP contribution in [0.3, 0.4) is 0 Å². The van der Waals surface area contributed by atoms with Crippen molar-refractivity contribution in [2.45, 2.75) is 13.2 Å². The molecular formula is C9H11O3P. The Kier molecular flexibility index (Phi) is 2.24. The number of hydrogen-bond donors (Lipinski definition) is 0. The molecule has 0 saturated carbocycles. The highest BCUT2D eigenvalue weighted by atomic mass is 31.2. The van der Waals surface area contributed by atoms with Gasteiger partial charge in [-0.05, 0) is 11.1 Å². The van der Waals surface area contributed by atoms with E-state index in [0.29, 0.717) is 13.2 Å². The van der Waals surface area contributed by atoms with Gasteiger partial charge in [-0.25, -0.2) is 0 Å². The summed E-state index contributed by atoms with van der Waals surface area (Å²) in [7, 11) is -2.81. The van der Waals surface area contributed by atoms with E-state index in [1.54, 1.807) is 0 Å². The first-order chi connectivity index (χ1) is 6.17. The van der Waals surface area contributed by atoms with Crippen molar-refractivity contribution in [3.63, 3.8) is 0 Å². The lowest BCUT2D eigenvalue weighted by Gasteiger charge is -2.08. The summed E-state index contributed by atoms with van der Waals surface area (Å²) in [4.78, 5) is 0. The summed E-state index contributed by atoms with van der Waals surface area (Å²) in [5.74, 6) is 0. The van der Waals surface area contributed by atoms with Gasteiger partial charge in [0, 0.05) is 6.66 Å². The summed E-state index contributed by atoms with van der Waals surface area (Å²) in [6, 6.07) is 7.80. The molecule has 13 heavy (non-hydrogen) atoms. The zero-order valence-electron chi connectivity index (χ0n) is 7.40. The normalized spacial score (nSPS) is 20.4. The Hall–Kier alpha value is -0.630. The topological polar surface area (TPSA) is 35.5 Å². The zero-order valence-corrected chi connectivity index (χ0v) is 8.29. The third-order valence-corrected chi connectivity index (χ3v) is 3.22. The van der Waals surface area contributed by atoms with E-state index in [0.717, 1.165) is 11.1 Å². The monoisotopic (exact) mass is 198 g/mol. The average molecular weight is 198 g/mol. The minimum atomic E-state index is -2.81. The Balaban J connectivity index is 2.32. The Labute approximate surface area is 77.2 Å². The van der Waals surface area contributed by atoms with Crippen LogP contribution in [-0.2, 0) is 26.8 Å². The second kappa shape index (κ2) is 3.26. The molecule has 70 valence electrons. The lowest BCUT2D eigenvalue weighted by molar-refractivity contribution is 0.212. The fourth-order valence-electron chi connectivity index (χ4n) is 1.25. The maximum atomic E-state index is 11.5. The number of fused-ring (bicyclic) bond motifs is 1. The molecule has 2 rings (SSSR count). The lowest BCUT2D eigenvalue weighted by atomic mass is 10.1. The third-order valence-electron chi connectivity index (χ3n) is 2.03. The quantitative estimate of drug-likeness (QED) is 0.601. The molecule has 0 saturated heterocycles. The van der Waals surface area contributed by atoms with Gasteiger partial charge in [-0.2, -0.15) is 0 Å². The van der Waals surface area contributed by atoms with Gasteiger partial charge >= 0.3 is 7.60 Å². The highest BCUT2D eigenvalue weighted by molar-refractivity contribution is 7.52.